The normalized spacial score (nSPS) is 15.3. The fourth-order valence-corrected chi connectivity index (χ4v) is 3.05. The number of benzene rings is 2. The molecule has 2 aromatic carbocycles. The first-order chi connectivity index (χ1) is 13.5. The van der Waals surface area contributed by atoms with Gasteiger partial charge in [-0.25, -0.2) is 4.79 Å². The molecule has 0 aliphatic carbocycles. The second-order valence-corrected chi connectivity index (χ2v) is 7.20. The Morgan fingerprint density at radius 1 is 1.11 bits per heavy atom. The number of aryl methyl sites for hydroxylation is 1. The number of urea groups is 1. The summed E-state index contributed by atoms with van der Waals surface area (Å²) in [7, 11) is 0. The van der Waals surface area contributed by atoms with E-state index >= 15 is 0 Å². The van der Waals surface area contributed by atoms with Gasteiger partial charge in [0.1, 0.15) is 18.9 Å². The van der Waals surface area contributed by atoms with Crippen LogP contribution in [0.4, 0.5) is 4.79 Å². The van der Waals surface area contributed by atoms with Gasteiger partial charge >= 0.3 is 6.03 Å². The van der Waals surface area contributed by atoms with E-state index < -0.39 is 0 Å². The van der Waals surface area contributed by atoms with Crippen LogP contribution in [0, 0.1) is 6.92 Å². The number of carbonyl (C=O) groups excluding carboxylic acids is 2. The lowest BCUT2D eigenvalue weighted by atomic mass is 10.2. The molecule has 28 heavy (non-hydrogen) atoms. The quantitative estimate of drug-likeness (QED) is 0.837. The van der Waals surface area contributed by atoms with Gasteiger partial charge in [-0.15, -0.1) is 0 Å². The molecule has 0 radical (unpaired) electrons. The standard InChI is InChI=1S/C22H27N3O3/c1-17-8-10-20(11-9-17)28-16-18(2)23-22(27)25-13-12-24(21(26)15-25)14-19-6-4-3-5-7-19/h3-11,18H,12-16H2,1-2H3,(H,23,27)/t18-/m1/s1. The predicted octanol–water partition coefficient (Wildman–Crippen LogP) is 2.82. The summed E-state index contributed by atoms with van der Waals surface area (Å²) in [6.07, 6.45) is 0. The number of ether oxygens (including phenoxy) is 1. The minimum atomic E-state index is -0.229. The van der Waals surface area contributed by atoms with E-state index in [0.29, 0.717) is 26.2 Å². The predicted molar refractivity (Wildman–Crippen MR) is 108 cm³/mol. The highest BCUT2D eigenvalue weighted by Crippen LogP contribution is 2.12. The molecule has 2 aromatic rings. The van der Waals surface area contributed by atoms with Crippen LogP contribution in [-0.2, 0) is 11.3 Å². The molecule has 1 aliphatic heterocycles. The minimum Gasteiger partial charge on any atom is -0.491 e. The molecule has 0 saturated carbocycles. The maximum absolute atomic E-state index is 12.5. The van der Waals surface area contributed by atoms with Gasteiger partial charge in [-0.1, -0.05) is 48.0 Å². The number of nitrogens with one attached hydrogen (secondary N) is 1. The molecule has 1 fully saturated rings. The van der Waals surface area contributed by atoms with Gasteiger partial charge in [-0.05, 0) is 31.5 Å². The molecular weight excluding hydrogens is 354 g/mol. The molecule has 6 nitrogen and oxygen atoms in total. The Morgan fingerprint density at radius 2 is 1.82 bits per heavy atom. The van der Waals surface area contributed by atoms with Crippen molar-refractivity contribution in [3.8, 4) is 5.75 Å². The fraction of sp³-hybridized carbons (Fsp3) is 0.364. The SMILES string of the molecule is Cc1ccc(OC[C@@H](C)NC(=O)N2CCN(Cc3ccccc3)C(=O)C2)cc1. The molecular formula is C22H27N3O3. The van der Waals surface area contributed by atoms with Crippen molar-refractivity contribution in [2.24, 2.45) is 0 Å². The molecule has 3 amide bonds. The van der Waals surface area contributed by atoms with E-state index in [-0.39, 0.29) is 24.5 Å². The minimum absolute atomic E-state index is 0.0335. The lowest BCUT2D eigenvalue weighted by molar-refractivity contribution is -0.135. The van der Waals surface area contributed by atoms with E-state index in [9.17, 15) is 9.59 Å². The zero-order chi connectivity index (χ0) is 19.9. The van der Waals surface area contributed by atoms with Crippen LogP contribution in [0.1, 0.15) is 18.1 Å². The summed E-state index contributed by atoms with van der Waals surface area (Å²) < 4.78 is 5.71. The maximum Gasteiger partial charge on any atom is 0.318 e. The highest BCUT2D eigenvalue weighted by Gasteiger charge is 2.27. The molecule has 1 N–H and O–H groups in total. The Balaban J connectivity index is 1.43. The summed E-state index contributed by atoms with van der Waals surface area (Å²) in [4.78, 5) is 28.2. The molecule has 1 saturated heterocycles. The van der Waals surface area contributed by atoms with E-state index in [0.717, 1.165) is 11.3 Å². The molecule has 6 heteroatoms. The van der Waals surface area contributed by atoms with Crippen molar-refractivity contribution in [1.29, 1.82) is 0 Å². The summed E-state index contributed by atoms with van der Waals surface area (Å²) in [6, 6.07) is 17.3. The first-order valence-corrected chi connectivity index (χ1v) is 9.58. The van der Waals surface area contributed by atoms with Crippen LogP contribution in [0.3, 0.4) is 0 Å². The third-order valence-electron chi connectivity index (χ3n) is 4.71. The average molecular weight is 381 g/mol. The first kappa shape index (κ1) is 19.7. The summed E-state index contributed by atoms with van der Waals surface area (Å²) >= 11 is 0. The molecule has 1 heterocycles. The molecule has 1 atom stereocenters. The van der Waals surface area contributed by atoms with Gasteiger partial charge in [0.15, 0.2) is 0 Å². The van der Waals surface area contributed by atoms with Crippen LogP contribution in [0.2, 0.25) is 0 Å². The largest absolute Gasteiger partial charge is 0.491 e. The average Bonchev–Trinajstić information content (AvgIpc) is 2.70. The Labute approximate surface area is 166 Å². The Kier molecular flexibility index (Phi) is 6.53. The van der Waals surface area contributed by atoms with Crippen molar-refractivity contribution in [2.45, 2.75) is 26.4 Å². The summed E-state index contributed by atoms with van der Waals surface area (Å²) in [5.41, 5.74) is 2.26. The monoisotopic (exact) mass is 381 g/mol. The van der Waals surface area contributed by atoms with Gasteiger partial charge in [0.05, 0.1) is 6.04 Å². The van der Waals surface area contributed by atoms with Gasteiger partial charge in [0, 0.05) is 19.6 Å². The Bertz CT molecular complexity index is 792. The maximum atomic E-state index is 12.5. The summed E-state index contributed by atoms with van der Waals surface area (Å²) in [5, 5.41) is 2.91. The van der Waals surface area contributed by atoms with Gasteiger partial charge in [0.25, 0.3) is 0 Å². The third kappa shape index (κ3) is 5.49. The number of rotatable bonds is 6. The Morgan fingerprint density at radius 3 is 2.50 bits per heavy atom. The van der Waals surface area contributed by atoms with Crippen LogP contribution in [0.5, 0.6) is 5.75 Å². The van der Waals surface area contributed by atoms with E-state index in [1.807, 2.05) is 68.4 Å². The van der Waals surface area contributed by atoms with Gasteiger partial charge < -0.3 is 19.9 Å². The van der Waals surface area contributed by atoms with Crippen LogP contribution in [0.25, 0.3) is 0 Å². The van der Waals surface area contributed by atoms with Crippen molar-refractivity contribution in [3.63, 3.8) is 0 Å². The lowest BCUT2D eigenvalue weighted by Gasteiger charge is -2.35. The smallest absolute Gasteiger partial charge is 0.318 e. The molecule has 0 spiro atoms. The molecule has 148 valence electrons. The van der Waals surface area contributed by atoms with Crippen LogP contribution in [0.15, 0.2) is 54.6 Å². The van der Waals surface area contributed by atoms with Crippen molar-refractivity contribution in [2.75, 3.05) is 26.2 Å². The number of amides is 3. The van der Waals surface area contributed by atoms with Crippen LogP contribution < -0.4 is 10.1 Å². The fourth-order valence-electron chi connectivity index (χ4n) is 3.05. The lowest BCUT2D eigenvalue weighted by Crippen LogP contribution is -2.55. The van der Waals surface area contributed by atoms with Crippen molar-refractivity contribution >= 4 is 11.9 Å². The molecule has 0 unspecified atom stereocenters. The number of nitrogens with zero attached hydrogens (tertiary/aromatic N) is 2. The van der Waals surface area contributed by atoms with Crippen molar-refractivity contribution < 1.29 is 14.3 Å². The van der Waals surface area contributed by atoms with E-state index in [1.165, 1.54) is 5.56 Å². The second kappa shape index (κ2) is 9.26. The molecule has 0 bridgehead atoms. The highest BCUT2D eigenvalue weighted by atomic mass is 16.5. The van der Waals surface area contributed by atoms with Crippen LogP contribution >= 0.6 is 0 Å². The third-order valence-corrected chi connectivity index (χ3v) is 4.71. The highest BCUT2D eigenvalue weighted by molar-refractivity contribution is 5.85. The first-order valence-electron chi connectivity index (χ1n) is 9.58. The van der Waals surface area contributed by atoms with E-state index in [1.54, 1.807) is 9.80 Å². The summed E-state index contributed by atoms with van der Waals surface area (Å²) in [6.45, 7) is 6.02. The zero-order valence-corrected chi connectivity index (χ0v) is 16.4. The van der Waals surface area contributed by atoms with Gasteiger partial charge in [-0.3, -0.25) is 4.79 Å². The van der Waals surface area contributed by atoms with E-state index in [2.05, 4.69) is 5.32 Å². The van der Waals surface area contributed by atoms with Crippen LogP contribution in [-0.4, -0.2) is 54.0 Å². The van der Waals surface area contributed by atoms with E-state index in [4.69, 9.17) is 4.74 Å². The van der Waals surface area contributed by atoms with Gasteiger partial charge in [0.2, 0.25) is 5.91 Å². The topological polar surface area (TPSA) is 61.9 Å². The zero-order valence-electron chi connectivity index (χ0n) is 16.4. The van der Waals surface area contributed by atoms with Crippen molar-refractivity contribution in [3.05, 3.63) is 65.7 Å². The van der Waals surface area contributed by atoms with Crippen molar-refractivity contribution in [1.82, 2.24) is 15.1 Å². The number of hydrogen-bond acceptors (Lipinski definition) is 3. The molecule has 3 rings (SSSR count). The Hall–Kier alpha value is -3.02. The molecule has 1 aliphatic rings. The van der Waals surface area contributed by atoms with Gasteiger partial charge in [-0.2, -0.15) is 0 Å². The summed E-state index contributed by atoms with van der Waals surface area (Å²) in [5.74, 6) is 0.741. The molecule has 0 aromatic heterocycles. The number of piperazine rings is 1. The number of carbonyl (C=O) groups is 2. The second-order valence-electron chi connectivity index (χ2n) is 7.20. The number of hydrogen-bond donors (Lipinski definition) is 1.